The summed E-state index contributed by atoms with van der Waals surface area (Å²) in [6.07, 6.45) is 0.422. The van der Waals surface area contributed by atoms with E-state index in [1.807, 2.05) is 0 Å². The third kappa shape index (κ3) is 3.99. The van der Waals surface area contributed by atoms with Crippen molar-refractivity contribution in [2.75, 3.05) is 19.5 Å². The second-order valence-corrected chi connectivity index (χ2v) is 5.08. The normalized spacial score (nSPS) is 11.5. The summed E-state index contributed by atoms with van der Waals surface area (Å²) in [4.78, 5) is 9.32. The van der Waals surface area contributed by atoms with Gasteiger partial charge in [-0.3, -0.25) is 0 Å². The van der Waals surface area contributed by atoms with Crippen LogP contribution in [0, 0.1) is 0 Å². The van der Waals surface area contributed by atoms with E-state index in [-0.39, 0.29) is 12.4 Å². The van der Waals surface area contributed by atoms with Crippen molar-refractivity contribution in [1.82, 2.24) is 0 Å². The first kappa shape index (κ1) is 12.2. The van der Waals surface area contributed by atoms with Gasteiger partial charge in [0.2, 0.25) is 0 Å². The van der Waals surface area contributed by atoms with Crippen LogP contribution in [0.25, 0.3) is 0 Å². The molecule has 0 aromatic heterocycles. The Morgan fingerprint density at radius 1 is 1.20 bits per heavy atom. The summed E-state index contributed by atoms with van der Waals surface area (Å²) >= 11 is 0. The van der Waals surface area contributed by atoms with Crippen LogP contribution < -0.4 is 0 Å². The van der Waals surface area contributed by atoms with Gasteiger partial charge in [0.25, 0.3) is 0 Å². The molecule has 0 saturated carbocycles. The molecular weight excluding hydrogens is 216 g/mol. The first-order chi connectivity index (χ1) is 7.17. The van der Waals surface area contributed by atoms with E-state index in [1.165, 1.54) is 7.11 Å². The molecule has 0 N–H and O–H groups in total. The van der Waals surface area contributed by atoms with Gasteiger partial charge in [0, 0.05) is 0 Å². The van der Waals surface area contributed by atoms with Gasteiger partial charge >= 0.3 is 0 Å². The van der Waals surface area contributed by atoms with Crippen LogP contribution in [0.1, 0.15) is 6.42 Å². The largest absolute Gasteiger partial charge is 0.240 e. The van der Waals surface area contributed by atoms with Gasteiger partial charge in [-0.25, -0.2) is 18.2 Å². The Hall–Kier alpha value is -0.910. The highest BCUT2D eigenvalue weighted by Crippen LogP contribution is 2.10. The molecule has 0 aliphatic heterocycles. The average molecular weight is 230 g/mol. The summed E-state index contributed by atoms with van der Waals surface area (Å²) in [5.74, 6) is 0.0698. The Kier molecular flexibility index (Phi) is 4.74. The van der Waals surface area contributed by atoms with Gasteiger partial charge in [-0.05, 0) is 18.6 Å². The first-order valence-corrected chi connectivity index (χ1v) is 6.25. The van der Waals surface area contributed by atoms with Gasteiger partial charge in [0.15, 0.2) is 9.84 Å². The second kappa shape index (κ2) is 5.85. The van der Waals surface area contributed by atoms with Gasteiger partial charge in [-0.2, -0.15) is 0 Å². The number of hydrogen-bond donors (Lipinski definition) is 0. The van der Waals surface area contributed by atoms with Gasteiger partial charge in [0.05, 0.1) is 24.4 Å². The maximum Gasteiger partial charge on any atom is 0.178 e. The Morgan fingerprint density at radius 2 is 1.87 bits per heavy atom. The number of sulfone groups is 1. The minimum atomic E-state index is -3.18. The summed E-state index contributed by atoms with van der Waals surface area (Å²) in [6.45, 7) is 0.280. The lowest BCUT2D eigenvalue weighted by molar-refractivity contribution is -0.271. The van der Waals surface area contributed by atoms with E-state index < -0.39 is 9.84 Å². The molecule has 1 aromatic rings. The predicted octanol–water partition coefficient (Wildman–Crippen LogP) is 1.43. The summed E-state index contributed by atoms with van der Waals surface area (Å²) in [5, 5.41) is 0. The molecule has 0 aliphatic carbocycles. The van der Waals surface area contributed by atoms with Crippen molar-refractivity contribution in [3.8, 4) is 0 Å². The molecule has 1 aromatic carbocycles. The fourth-order valence-electron chi connectivity index (χ4n) is 1.14. The maximum atomic E-state index is 11.7. The topological polar surface area (TPSA) is 52.6 Å². The van der Waals surface area contributed by atoms with Crippen LogP contribution in [0.4, 0.5) is 0 Å². The van der Waals surface area contributed by atoms with E-state index in [9.17, 15) is 8.42 Å². The molecule has 0 aliphatic rings. The van der Waals surface area contributed by atoms with Crippen LogP contribution in [0.5, 0.6) is 0 Å². The van der Waals surface area contributed by atoms with Gasteiger partial charge in [-0.1, -0.05) is 18.2 Å². The van der Waals surface area contributed by atoms with Gasteiger partial charge < -0.3 is 0 Å². The molecule has 1 rings (SSSR count). The zero-order valence-corrected chi connectivity index (χ0v) is 9.37. The van der Waals surface area contributed by atoms with Crippen molar-refractivity contribution in [3.05, 3.63) is 30.3 Å². The highest BCUT2D eigenvalue weighted by Gasteiger charge is 2.12. The molecule has 0 atom stereocenters. The second-order valence-electron chi connectivity index (χ2n) is 2.97. The molecule has 0 saturated heterocycles. The molecule has 0 spiro atoms. The van der Waals surface area contributed by atoms with Crippen LogP contribution in [0.3, 0.4) is 0 Å². The molecule has 84 valence electrons. The lowest BCUT2D eigenvalue weighted by Crippen LogP contribution is -2.09. The van der Waals surface area contributed by atoms with E-state index in [2.05, 4.69) is 9.78 Å². The minimum Gasteiger partial charge on any atom is -0.240 e. The molecule has 0 heterocycles. The molecule has 0 unspecified atom stereocenters. The molecule has 0 fully saturated rings. The Bertz CT molecular complexity index is 372. The SMILES string of the molecule is COOCCCS(=O)(=O)c1ccccc1. The van der Waals surface area contributed by atoms with Crippen molar-refractivity contribution in [2.24, 2.45) is 0 Å². The van der Waals surface area contributed by atoms with Crippen molar-refractivity contribution >= 4 is 9.84 Å². The molecule has 15 heavy (non-hydrogen) atoms. The highest BCUT2D eigenvalue weighted by molar-refractivity contribution is 7.91. The van der Waals surface area contributed by atoms with E-state index >= 15 is 0 Å². The molecule has 0 radical (unpaired) electrons. The fraction of sp³-hybridized carbons (Fsp3) is 0.400. The maximum absolute atomic E-state index is 11.7. The molecule has 0 amide bonds. The first-order valence-electron chi connectivity index (χ1n) is 4.60. The van der Waals surface area contributed by atoms with E-state index in [1.54, 1.807) is 30.3 Å². The lowest BCUT2D eigenvalue weighted by Gasteiger charge is -2.03. The monoisotopic (exact) mass is 230 g/mol. The number of rotatable bonds is 6. The highest BCUT2D eigenvalue weighted by atomic mass is 32.2. The molecular formula is C10H14O4S. The molecule has 4 nitrogen and oxygen atoms in total. The van der Waals surface area contributed by atoms with Crippen molar-refractivity contribution in [3.63, 3.8) is 0 Å². The van der Waals surface area contributed by atoms with Crippen LogP contribution >= 0.6 is 0 Å². The van der Waals surface area contributed by atoms with E-state index in [0.29, 0.717) is 11.3 Å². The van der Waals surface area contributed by atoms with Crippen LogP contribution in [-0.4, -0.2) is 27.9 Å². The van der Waals surface area contributed by atoms with E-state index in [0.717, 1.165) is 0 Å². The van der Waals surface area contributed by atoms with Gasteiger partial charge in [0.1, 0.15) is 0 Å². The number of benzene rings is 1. The Balaban J connectivity index is 2.53. The van der Waals surface area contributed by atoms with Gasteiger partial charge in [-0.15, -0.1) is 0 Å². The fourth-order valence-corrected chi connectivity index (χ4v) is 2.44. The van der Waals surface area contributed by atoms with Crippen molar-refractivity contribution in [1.29, 1.82) is 0 Å². The van der Waals surface area contributed by atoms with Crippen LogP contribution in [-0.2, 0) is 19.6 Å². The average Bonchev–Trinajstić information content (AvgIpc) is 2.26. The predicted molar refractivity (Wildman–Crippen MR) is 56.1 cm³/mol. The third-order valence-electron chi connectivity index (χ3n) is 1.86. The zero-order valence-electron chi connectivity index (χ0n) is 8.55. The summed E-state index contributed by atoms with van der Waals surface area (Å²) in [6, 6.07) is 8.38. The van der Waals surface area contributed by atoms with Crippen LogP contribution in [0.15, 0.2) is 35.2 Å². The lowest BCUT2D eigenvalue weighted by atomic mass is 10.4. The third-order valence-corrected chi connectivity index (χ3v) is 3.68. The van der Waals surface area contributed by atoms with Crippen LogP contribution in [0.2, 0.25) is 0 Å². The molecule has 0 bridgehead atoms. The van der Waals surface area contributed by atoms with E-state index in [4.69, 9.17) is 0 Å². The zero-order chi connectivity index (χ0) is 11.1. The van der Waals surface area contributed by atoms with Crippen molar-refractivity contribution in [2.45, 2.75) is 11.3 Å². The Labute approximate surface area is 89.7 Å². The smallest absolute Gasteiger partial charge is 0.178 e. The van der Waals surface area contributed by atoms with Crippen molar-refractivity contribution < 1.29 is 18.2 Å². The Morgan fingerprint density at radius 3 is 2.47 bits per heavy atom. The summed E-state index contributed by atoms with van der Waals surface area (Å²) < 4.78 is 23.4. The summed E-state index contributed by atoms with van der Waals surface area (Å²) in [5.41, 5.74) is 0. The summed E-state index contributed by atoms with van der Waals surface area (Å²) in [7, 11) is -1.78. The molecule has 5 heteroatoms. The standard InChI is InChI=1S/C10H14O4S/c1-13-14-8-5-9-15(11,12)10-6-3-2-4-7-10/h2-4,6-7H,5,8-9H2,1H3. The number of hydrogen-bond acceptors (Lipinski definition) is 4. The minimum absolute atomic E-state index is 0.0698. The quantitative estimate of drug-likeness (QED) is 0.421.